The van der Waals surface area contributed by atoms with Crippen LogP contribution in [0.25, 0.3) is 10.8 Å². The Balaban J connectivity index is 1.74. The molecule has 0 bridgehead atoms. The predicted octanol–water partition coefficient (Wildman–Crippen LogP) is 3.93. The number of phenols is 1. The van der Waals surface area contributed by atoms with Gasteiger partial charge in [0.25, 0.3) is 5.91 Å². The van der Waals surface area contributed by atoms with Crippen molar-refractivity contribution < 1.29 is 9.90 Å². The Bertz CT molecular complexity index is 922. The van der Waals surface area contributed by atoms with Gasteiger partial charge in [0, 0.05) is 5.56 Å². The van der Waals surface area contributed by atoms with Crippen LogP contribution in [0.5, 0.6) is 5.75 Å². The van der Waals surface area contributed by atoms with Crippen molar-refractivity contribution in [2.75, 3.05) is 0 Å². The standard InChI is InChI=1S/C20H18N2O2/c1-13-9-15(10-14(2)19(13)23)12-21-22-20(24)18-8-7-16-5-3-4-6-17(16)11-18/h3-12,23H,1-2H3,(H,22,24)/b21-12+. The lowest BCUT2D eigenvalue weighted by atomic mass is 10.1. The summed E-state index contributed by atoms with van der Waals surface area (Å²) in [6.45, 7) is 3.65. The maximum absolute atomic E-state index is 12.2. The number of carbonyl (C=O) groups excluding carboxylic acids is 1. The summed E-state index contributed by atoms with van der Waals surface area (Å²) in [6.07, 6.45) is 1.57. The Morgan fingerprint density at radius 3 is 2.38 bits per heavy atom. The van der Waals surface area contributed by atoms with Crippen LogP contribution in [0, 0.1) is 13.8 Å². The van der Waals surface area contributed by atoms with Crippen molar-refractivity contribution in [3.63, 3.8) is 0 Å². The maximum atomic E-state index is 12.2. The Hall–Kier alpha value is -3.14. The van der Waals surface area contributed by atoms with Crippen molar-refractivity contribution in [3.05, 3.63) is 76.9 Å². The third-order valence-electron chi connectivity index (χ3n) is 3.90. The third-order valence-corrected chi connectivity index (χ3v) is 3.90. The number of nitrogens with one attached hydrogen (secondary N) is 1. The molecular weight excluding hydrogens is 300 g/mol. The summed E-state index contributed by atoms with van der Waals surface area (Å²) in [6, 6.07) is 17.0. The second-order valence-corrected chi connectivity index (χ2v) is 5.76. The van der Waals surface area contributed by atoms with E-state index in [9.17, 15) is 9.90 Å². The lowest BCUT2D eigenvalue weighted by Crippen LogP contribution is -2.17. The number of benzene rings is 3. The van der Waals surface area contributed by atoms with Crippen molar-refractivity contribution in [2.45, 2.75) is 13.8 Å². The molecule has 4 heteroatoms. The summed E-state index contributed by atoms with van der Waals surface area (Å²) in [4.78, 5) is 12.2. The number of nitrogens with zero attached hydrogens (tertiary/aromatic N) is 1. The molecule has 0 atom stereocenters. The summed E-state index contributed by atoms with van der Waals surface area (Å²) in [5.74, 6) is 0.0246. The Morgan fingerprint density at radius 2 is 1.67 bits per heavy atom. The molecule has 0 aliphatic heterocycles. The third kappa shape index (κ3) is 3.27. The van der Waals surface area contributed by atoms with Gasteiger partial charge in [0.05, 0.1) is 6.21 Å². The highest BCUT2D eigenvalue weighted by Gasteiger charge is 2.05. The minimum absolute atomic E-state index is 0.260. The first-order valence-corrected chi connectivity index (χ1v) is 7.67. The average Bonchev–Trinajstić information content (AvgIpc) is 2.59. The largest absolute Gasteiger partial charge is 0.507 e. The minimum atomic E-state index is -0.260. The number of rotatable bonds is 3. The number of aryl methyl sites for hydroxylation is 2. The summed E-state index contributed by atoms with van der Waals surface area (Å²) < 4.78 is 0. The van der Waals surface area contributed by atoms with Gasteiger partial charge < -0.3 is 5.11 Å². The van der Waals surface area contributed by atoms with Gasteiger partial charge in [-0.25, -0.2) is 5.43 Å². The van der Waals surface area contributed by atoms with Crippen molar-refractivity contribution in [1.82, 2.24) is 5.43 Å². The van der Waals surface area contributed by atoms with Crippen LogP contribution < -0.4 is 5.43 Å². The van der Waals surface area contributed by atoms with Gasteiger partial charge in [-0.05, 0) is 65.6 Å². The van der Waals surface area contributed by atoms with Gasteiger partial charge in [0.1, 0.15) is 5.75 Å². The van der Waals surface area contributed by atoms with E-state index >= 15 is 0 Å². The molecule has 3 aromatic carbocycles. The molecule has 0 saturated carbocycles. The number of hydrogen-bond acceptors (Lipinski definition) is 3. The van der Waals surface area contributed by atoms with Crippen LogP contribution in [0.4, 0.5) is 0 Å². The van der Waals surface area contributed by atoms with Gasteiger partial charge in [0.2, 0.25) is 0 Å². The first-order valence-electron chi connectivity index (χ1n) is 7.67. The van der Waals surface area contributed by atoms with Gasteiger partial charge >= 0.3 is 0 Å². The van der Waals surface area contributed by atoms with E-state index in [2.05, 4.69) is 10.5 Å². The molecule has 3 rings (SSSR count). The average molecular weight is 318 g/mol. The topological polar surface area (TPSA) is 61.7 Å². The van der Waals surface area contributed by atoms with Crippen molar-refractivity contribution in [3.8, 4) is 5.75 Å². The summed E-state index contributed by atoms with van der Waals surface area (Å²) in [5, 5.41) is 15.9. The number of hydrazone groups is 1. The van der Waals surface area contributed by atoms with Gasteiger partial charge in [-0.2, -0.15) is 5.10 Å². The van der Waals surface area contributed by atoms with Gasteiger partial charge in [-0.15, -0.1) is 0 Å². The highest BCUT2D eigenvalue weighted by atomic mass is 16.3. The van der Waals surface area contributed by atoms with Crippen LogP contribution in [0.15, 0.2) is 59.7 Å². The molecule has 24 heavy (non-hydrogen) atoms. The van der Waals surface area contributed by atoms with E-state index in [1.54, 1.807) is 12.3 Å². The molecule has 2 N–H and O–H groups in total. The molecule has 0 aromatic heterocycles. The quantitative estimate of drug-likeness (QED) is 0.568. The van der Waals surface area contributed by atoms with Crippen molar-refractivity contribution >= 4 is 22.9 Å². The molecule has 0 radical (unpaired) electrons. The van der Waals surface area contributed by atoms with Crippen LogP contribution in [0.3, 0.4) is 0 Å². The van der Waals surface area contributed by atoms with Crippen molar-refractivity contribution in [2.24, 2.45) is 5.10 Å². The van der Waals surface area contributed by atoms with Crippen LogP contribution >= 0.6 is 0 Å². The molecule has 0 heterocycles. The van der Waals surface area contributed by atoms with Crippen molar-refractivity contribution in [1.29, 1.82) is 0 Å². The fourth-order valence-electron chi connectivity index (χ4n) is 2.62. The number of aromatic hydroxyl groups is 1. The first kappa shape index (κ1) is 15.7. The number of amides is 1. The lowest BCUT2D eigenvalue weighted by Gasteiger charge is -2.05. The van der Waals surface area contributed by atoms with Crippen LogP contribution in [-0.2, 0) is 0 Å². The monoisotopic (exact) mass is 318 g/mol. The Labute approximate surface area is 140 Å². The van der Waals surface area contributed by atoms with Crippen LogP contribution in [0.1, 0.15) is 27.0 Å². The molecule has 120 valence electrons. The van der Waals surface area contributed by atoms with E-state index in [1.807, 2.05) is 62.4 Å². The Morgan fingerprint density at radius 1 is 1.00 bits per heavy atom. The second kappa shape index (κ2) is 6.54. The summed E-state index contributed by atoms with van der Waals surface area (Å²) >= 11 is 0. The smallest absolute Gasteiger partial charge is 0.271 e. The minimum Gasteiger partial charge on any atom is -0.507 e. The fourth-order valence-corrected chi connectivity index (χ4v) is 2.62. The highest BCUT2D eigenvalue weighted by molar-refractivity contribution is 5.99. The normalized spacial score (nSPS) is 11.1. The van der Waals surface area contributed by atoms with E-state index in [1.165, 1.54) is 0 Å². The van der Waals surface area contributed by atoms with E-state index in [4.69, 9.17) is 0 Å². The molecule has 0 aliphatic rings. The molecular formula is C20H18N2O2. The van der Waals surface area contributed by atoms with Gasteiger partial charge in [-0.3, -0.25) is 4.79 Å². The zero-order valence-corrected chi connectivity index (χ0v) is 13.6. The SMILES string of the molecule is Cc1cc(/C=N/NC(=O)c2ccc3ccccc3c2)cc(C)c1O. The first-order chi connectivity index (χ1) is 11.5. The van der Waals surface area contributed by atoms with E-state index in [0.29, 0.717) is 5.56 Å². The fraction of sp³-hybridized carbons (Fsp3) is 0.100. The molecule has 0 fully saturated rings. The lowest BCUT2D eigenvalue weighted by molar-refractivity contribution is 0.0955. The van der Waals surface area contributed by atoms with Crippen LogP contribution in [0.2, 0.25) is 0 Å². The molecule has 0 unspecified atom stereocenters. The molecule has 0 saturated heterocycles. The summed E-state index contributed by atoms with van der Waals surface area (Å²) in [7, 11) is 0. The molecule has 0 aliphatic carbocycles. The van der Waals surface area contributed by atoms with E-state index in [0.717, 1.165) is 27.5 Å². The zero-order chi connectivity index (χ0) is 17.1. The second-order valence-electron chi connectivity index (χ2n) is 5.76. The van der Waals surface area contributed by atoms with E-state index in [-0.39, 0.29) is 11.7 Å². The number of phenolic OH excluding ortho intramolecular Hbond substituents is 1. The molecule has 4 nitrogen and oxygen atoms in total. The maximum Gasteiger partial charge on any atom is 0.271 e. The predicted molar refractivity (Wildman–Crippen MR) is 96.6 cm³/mol. The molecule has 1 amide bonds. The number of fused-ring (bicyclic) bond motifs is 1. The zero-order valence-electron chi connectivity index (χ0n) is 13.6. The van der Waals surface area contributed by atoms with E-state index < -0.39 is 0 Å². The number of hydrogen-bond donors (Lipinski definition) is 2. The van der Waals surface area contributed by atoms with Gasteiger partial charge in [-0.1, -0.05) is 30.3 Å². The van der Waals surface area contributed by atoms with Crippen LogP contribution in [-0.4, -0.2) is 17.2 Å². The van der Waals surface area contributed by atoms with Gasteiger partial charge in [0.15, 0.2) is 0 Å². The highest BCUT2D eigenvalue weighted by Crippen LogP contribution is 2.22. The molecule has 0 spiro atoms. The number of carbonyl (C=O) groups is 1. The Kier molecular flexibility index (Phi) is 4.29. The summed E-state index contributed by atoms with van der Waals surface area (Å²) in [5.41, 5.74) is 5.46. The molecule has 3 aromatic rings.